The molecule has 2 rings (SSSR count). The van der Waals surface area contributed by atoms with Gasteiger partial charge in [0, 0.05) is 12.0 Å². The fourth-order valence-electron chi connectivity index (χ4n) is 2.71. The molecule has 16 heavy (non-hydrogen) atoms. The van der Waals surface area contributed by atoms with E-state index >= 15 is 0 Å². The van der Waals surface area contributed by atoms with Crippen LogP contribution in [0.4, 0.5) is 0 Å². The SMILES string of the molecule is NC[C@]1(c2ccc(O)cc2)CCCC[C@H]1O. The number of hydrogen-bond acceptors (Lipinski definition) is 3. The molecule has 0 saturated heterocycles. The van der Waals surface area contributed by atoms with Gasteiger partial charge in [0.1, 0.15) is 5.75 Å². The predicted octanol–water partition coefficient (Wildman–Crippen LogP) is 1.52. The standard InChI is InChI=1S/C13H19NO2/c14-9-13(8-2-1-3-12(13)16)10-4-6-11(15)7-5-10/h4-7,12,15-16H,1-3,8-9,14H2/t12-,13+/m1/s1. The smallest absolute Gasteiger partial charge is 0.115 e. The summed E-state index contributed by atoms with van der Waals surface area (Å²) in [7, 11) is 0. The van der Waals surface area contributed by atoms with E-state index in [1.807, 2.05) is 12.1 Å². The number of phenolic OH excluding ortho intramolecular Hbond substituents is 1. The van der Waals surface area contributed by atoms with Crippen molar-refractivity contribution in [3.8, 4) is 5.75 Å². The molecule has 0 bridgehead atoms. The zero-order valence-corrected chi connectivity index (χ0v) is 9.39. The van der Waals surface area contributed by atoms with Crippen LogP contribution in [0, 0.1) is 0 Å². The monoisotopic (exact) mass is 221 g/mol. The predicted molar refractivity (Wildman–Crippen MR) is 63.3 cm³/mol. The van der Waals surface area contributed by atoms with Gasteiger partial charge in [-0.2, -0.15) is 0 Å². The average Bonchev–Trinajstić information content (AvgIpc) is 2.31. The van der Waals surface area contributed by atoms with Crippen molar-refractivity contribution in [2.75, 3.05) is 6.54 Å². The van der Waals surface area contributed by atoms with Crippen molar-refractivity contribution in [1.29, 1.82) is 0 Å². The third-order valence-electron chi connectivity index (χ3n) is 3.79. The van der Waals surface area contributed by atoms with Crippen LogP contribution in [0.5, 0.6) is 5.75 Å². The van der Waals surface area contributed by atoms with E-state index in [1.165, 1.54) is 0 Å². The van der Waals surface area contributed by atoms with Crippen molar-refractivity contribution in [3.05, 3.63) is 29.8 Å². The summed E-state index contributed by atoms with van der Waals surface area (Å²) in [6, 6.07) is 7.07. The van der Waals surface area contributed by atoms with E-state index in [1.54, 1.807) is 12.1 Å². The first kappa shape index (κ1) is 11.4. The summed E-state index contributed by atoms with van der Waals surface area (Å²) < 4.78 is 0. The quantitative estimate of drug-likeness (QED) is 0.709. The van der Waals surface area contributed by atoms with Crippen molar-refractivity contribution in [2.24, 2.45) is 5.73 Å². The maximum atomic E-state index is 10.2. The van der Waals surface area contributed by atoms with E-state index in [0.717, 1.165) is 31.2 Å². The Morgan fingerprint density at radius 2 is 1.94 bits per heavy atom. The molecule has 0 aliphatic heterocycles. The van der Waals surface area contributed by atoms with Gasteiger partial charge >= 0.3 is 0 Å². The van der Waals surface area contributed by atoms with Gasteiger partial charge in [0.25, 0.3) is 0 Å². The molecular weight excluding hydrogens is 202 g/mol. The molecular formula is C13H19NO2. The second kappa shape index (κ2) is 4.44. The molecule has 1 aliphatic rings. The number of aliphatic hydroxyl groups is 1. The van der Waals surface area contributed by atoms with Crippen molar-refractivity contribution in [3.63, 3.8) is 0 Å². The topological polar surface area (TPSA) is 66.5 Å². The molecule has 1 aromatic rings. The first-order chi connectivity index (χ1) is 7.69. The van der Waals surface area contributed by atoms with Crippen molar-refractivity contribution >= 4 is 0 Å². The van der Waals surface area contributed by atoms with Gasteiger partial charge in [-0.25, -0.2) is 0 Å². The van der Waals surface area contributed by atoms with Crippen LogP contribution >= 0.6 is 0 Å². The van der Waals surface area contributed by atoms with Gasteiger partial charge in [0.2, 0.25) is 0 Å². The van der Waals surface area contributed by atoms with E-state index < -0.39 is 0 Å². The number of aromatic hydroxyl groups is 1. The minimum Gasteiger partial charge on any atom is -0.508 e. The second-order valence-electron chi connectivity index (χ2n) is 4.67. The van der Waals surface area contributed by atoms with Crippen LogP contribution in [0.1, 0.15) is 31.2 Å². The van der Waals surface area contributed by atoms with E-state index in [0.29, 0.717) is 6.54 Å². The second-order valence-corrected chi connectivity index (χ2v) is 4.67. The largest absolute Gasteiger partial charge is 0.508 e. The molecule has 2 atom stereocenters. The van der Waals surface area contributed by atoms with Crippen molar-refractivity contribution < 1.29 is 10.2 Å². The lowest BCUT2D eigenvalue weighted by Gasteiger charge is -2.41. The van der Waals surface area contributed by atoms with Gasteiger partial charge in [-0.05, 0) is 30.5 Å². The summed E-state index contributed by atoms with van der Waals surface area (Å²) in [5.41, 5.74) is 6.60. The Morgan fingerprint density at radius 3 is 2.50 bits per heavy atom. The molecule has 0 aromatic heterocycles. The first-order valence-corrected chi connectivity index (χ1v) is 5.87. The fourth-order valence-corrected chi connectivity index (χ4v) is 2.71. The van der Waals surface area contributed by atoms with Crippen LogP contribution < -0.4 is 5.73 Å². The Hall–Kier alpha value is -1.06. The van der Waals surface area contributed by atoms with Crippen LogP contribution in [0.3, 0.4) is 0 Å². The summed E-state index contributed by atoms with van der Waals surface area (Å²) in [4.78, 5) is 0. The van der Waals surface area contributed by atoms with Crippen LogP contribution in [-0.2, 0) is 5.41 Å². The van der Waals surface area contributed by atoms with Crippen molar-refractivity contribution in [1.82, 2.24) is 0 Å². The Balaban J connectivity index is 2.36. The summed E-state index contributed by atoms with van der Waals surface area (Å²) in [5.74, 6) is 0.251. The third kappa shape index (κ3) is 1.81. The molecule has 3 nitrogen and oxygen atoms in total. The lowest BCUT2D eigenvalue weighted by molar-refractivity contribution is 0.0463. The highest BCUT2D eigenvalue weighted by Gasteiger charge is 2.40. The molecule has 3 heteroatoms. The molecule has 1 fully saturated rings. The van der Waals surface area contributed by atoms with Gasteiger partial charge in [0.05, 0.1) is 6.10 Å². The van der Waals surface area contributed by atoms with Gasteiger partial charge in [-0.3, -0.25) is 0 Å². The Morgan fingerprint density at radius 1 is 1.25 bits per heavy atom. The summed E-state index contributed by atoms with van der Waals surface area (Å²) in [5, 5.41) is 19.5. The summed E-state index contributed by atoms with van der Waals surface area (Å²) in [6.45, 7) is 0.457. The van der Waals surface area contributed by atoms with Crippen LogP contribution in [0.15, 0.2) is 24.3 Å². The van der Waals surface area contributed by atoms with Crippen LogP contribution in [0.25, 0.3) is 0 Å². The third-order valence-corrected chi connectivity index (χ3v) is 3.79. The van der Waals surface area contributed by atoms with Gasteiger partial charge in [-0.1, -0.05) is 25.0 Å². The molecule has 0 amide bonds. The van der Waals surface area contributed by atoms with Gasteiger partial charge in [0.15, 0.2) is 0 Å². The number of nitrogens with two attached hydrogens (primary N) is 1. The zero-order chi connectivity index (χ0) is 11.6. The molecule has 88 valence electrons. The minimum atomic E-state index is -0.365. The molecule has 0 heterocycles. The van der Waals surface area contributed by atoms with Crippen molar-refractivity contribution in [2.45, 2.75) is 37.2 Å². The molecule has 1 saturated carbocycles. The normalized spacial score (nSPS) is 30.2. The number of hydrogen-bond donors (Lipinski definition) is 3. The number of benzene rings is 1. The van der Waals surface area contributed by atoms with Gasteiger partial charge in [-0.15, -0.1) is 0 Å². The molecule has 1 aliphatic carbocycles. The van der Waals surface area contributed by atoms with E-state index in [-0.39, 0.29) is 17.3 Å². The molecule has 1 aromatic carbocycles. The maximum absolute atomic E-state index is 10.2. The molecule has 4 N–H and O–H groups in total. The highest BCUT2D eigenvalue weighted by atomic mass is 16.3. The molecule has 0 spiro atoms. The summed E-state index contributed by atoms with van der Waals surface area (Å²) >= 11 is 0. The number of phenols is 1. The zero-order valence-electron chi connectivity index (χ0n) is 9.39. The highest BCUT2D eigenvalue weighted by molar-refractivity contribution is 5.33. The van der Waals surface area contributed by atoms with E-state index in [4.69, 9.17) is 5.73 Å². The minimum absolute atomic E-state index is 0.251. The first-order valence-electron chi connectivity index (χ1n) is 5.87. The van der Waals surface area contributed by atoms with Crippen LogP contribution in [0.2, 0.25) is 0 Å². The van der Waals surface area contributed by atoms with E-state index in [9.17, 15) is 10.2 Å². The number of rotatable bonds is 2. The molecule has 0 radical (unpaired) electrons. The Kier molecular flexibility index (Phi) is 3.17. The maximum Gasteiger partial charge on any atom is 0.115 e. The van der Waals surface area contributed by atoms with Crippen LogP contribution in [-0.4, -0.2) is 22.9 Å². The lowest BCUT2D eigenvalue weighted by atomic mass is 9.67. The lowest BCUT2D eigenvalue weighted by Crippen LogP contribution is -2.47. The highest BCUT2D eigenvalue weighted by Crippen LogP contribution is 2.39. The fraction of sp³-hybridized carbons (Fsp3) is 0.538. The van der Waals surface area contributed by atoms with Gasteiger partial charge < -0.3 is 15.9 Å². The summed E-state index contributed by atoms with van der Waals surface area (Å²) in [6.07, 6.45) is 3.56. The number of aliphatic hydroxyl groups excluding tert-OH is 1. The molecule has 0 unspecified atom stereocenters. The van der Waals surface area contributed by atoms with E-state index in [2.05, 4.69) is 0 Å². The Bertz CT molecular complexity index is 349. The average molecular weight is 221 g/mol. The Labute approximate surface area is 95.9 Å².